The number of sulfone groups is 1. The van der Waals surface area contributed by atoms with Crippen LogP contribution in [0.15, 0.2) is 27.6 Å². The molecule has 0 aromatic heterocycles. The van der Waals surface area contributed by atoms with E-state index in [1.54, 1.807) is 18.2 Å². The Kier molecular flexibility index (Phi) is 3.72. The van der Waals surface area contributed by atoms with E-state index in [2.05, 4.69) is 15.9 Å². The molecule has 0 bridgehead atoms. The number of nitrogens with two attached hydrogens (primary N) is 1. The van der Waals surface area contributed by atoms with Gasteiger partial charge in [-0.1, -0.05) is 15.9 Å². The van der Waals surface area contributed by atoms with Crippen LogP contribution in [0.2, 0.25) is 0 Å². The van der Waals surface area contributed by atoms with E-state index in [1.807, 2.05) is 27.7 Å². The molecule has 1 fully saturated rings. The number of nitrogen functional groups attached to an aromatic ring is 1. The lowest BCUT2D eigenvalue weighted by atomic mass is 10.0. The smallest absolute Gasteiger partial charge is 0.186 e. The minimum absolute atomic E-state index is 0.181. The van der Waals surface area contributed by atoms with Crippen molar-refractivity contribution in [3.8, 4) is 0 Å². The van der Waals surface area contributed by atoms with Crippen LogP contribution in [0.1, 0.15) is 34.1 Å². The molecule has 6 heteroatoms. The fourth-order valence-corrected chi connectivity index (χ4v) is 5.67. The Morgan fingerprint density at radius 3 is 2.35 bits per heavy atom. The van der Waals surface area contributed by atoms with E-state index in [4.69, 9.17) is 10.5 Å². The summed E-state index contributed by atoms with van der Waals surface area (Å²) in [5.74, 6) is 0. The van der Waals surface area contributed by atoms with Crippen molar-refractivity contribution in [2.24, 2.45) is 0 Å². The summed E-state index contributed by atoms with van der Waals surface area (Å²) in [6, 6.07) is 4.86. The van der Waals surface area contributed by atoms with Gasteiger partial charge in [0.25, 0.3) is 0 Å². The van der Waals surface area contributed by atoms with Crippen LogP contribution in [0.5, 0.6) is 0 Å². The molecule has 0 spiro atoms. The fourth-order valence-electron chi connectivity index (χ4n) is 2.93. The molecule has 1 heterocycles. The van der Waals surface area contributed by atoms with Crippen LogP contribution in [0.3, 0.4) is 0 Å². The molecule has 0 amide bonds. The lowest BCUT2D eigenvalue weighted by Crippen LogP contribution is -2.38. The van der Waals surface area contributed by atoms with Crippen molar-refractivity contribution < 1.29 is 13.2 Å². The lowest BCUT2D eigenvalue weighted by Gasteiger charge is -2.27. The van der Waals surface area contributed by atoms with E-state index in [1.165, 1.54) is 0 Å². The van der Waals surface area contributed by atoms with Gasteiger partial charge in [0, 0.05) is 4.47 Å². The highest BCUT2D eigenvalue weighted by Gasteiger charge is 2.52. The second kappa shape index (κ2) is 4.71. The van der Waals surface area contributed by atoms with Crippen LogP contribution < -0.4 is 5.73 Å². The number of hydrogen-bond acceptors (Lipinski definition) is 4. The molecule has 1 aliphatic rings. The van der Waals surface area contributed by atoms with Crippen molar-refractivity contribution in [3.63, 3.8) is 0 Å². The number of hydrogen-bond donors (Lipinski definition) is 1. The molecule has 1 aromatic carbocycles. The SMILES string of the molecule is CC1(C)CC(S(=O)(=O)c2ccc(Br)cc2N)C(C)(C)O1. The minimum Gasteiger partial charge on any atom is -0.398 e. The molecule has 1 aromatic rings. The molecule has 1 saturated heterocycles. The van der Waals surface area contributed by atoms with E-state index in [0.717, 1.165) is 4.47 Å². The van der Waals surface area contributed by atoms with Gasteiger partial charge in [-0.2, -0.15) is 0 Å². The predicted molar refractivity (Wildman–Crippen MR) is 83.4 cm³/mol. The molecular weight excluding hydrogens is 342 g/mol. The fraction of sp³-hybridized carbons (Fsp3) is 0.571. The summed E-state index contributed by atoms with van der Waals surface area (Å²) in [6.07, 6.45) is 0.456. The summed E-state index contributed by atoms with van der Waals surface area (Å²) in [5, 5.41) is -0.603. The van der Waals surface area contributed by atoms with Crippen molar-refractivity contribution in [2.45, 2.75) is 55.5 Å². The maximum Gasteiger partial charge on any atom is 0.186 e. The quantitative estimate of drug-likeness (QED) is 0.821. The molecule has 0 aliphatic carbocycles. The van der Waals surface area contributed by atoms with E-state index in [9.17, 15) is 8.42 Å². The first-order valence-electron chi connectivity index (χ1n) is 6.45. The molecule has 4 nitrogen and oxygen atoms in total. The van der Waals surface area contributed by atoms with Gasteiger partial charge in [-0.25, -0.2) is 8.42 Å². The van der Waals surface area contributed by atoms with Gasteiger partial charge >= 0.3 is 0 Å². The Morgan fingerprint density at radius 2 is 1.90 bits per heavy atom. The number of halogens is 1. The van der Waals surface area contributed by atoms with E-state index in [0.29, 0.717) is 6.42 Å². The maximum atomic E-state index is 12.9. The zero-order valence-electron chi connectivity index (χ0n) is 12.1. The first-order valence-corrected chi connectivity index (χ1v) is 8.79. The van der Waals surface area contributed by atoms with Gasteiger partial charge < -0.3 is 10.5 Å². The molecule has 0 radical (unpaired) electrons. The predicted octanol–water partition coefficient (Wildman–Crippen LogP) is 3.15. The summed E-state index contributed by atoms with van der Waals surface area (Å²) in [5.41, 5.74) is 4.96. The van der Waals surface area contributed by atoms with Gasteiger partial charge in [0.2, 0.25) is 0 Å². The Hall–Kier alpha value is -0.590. The molecule has 2 rings (SSSR count). The highest BCUT2D eigenvalue weighted by Crippen LogP contribution is 2.43. The van der Waals surface area contributed by atoms with Crippen LogP contribution in [0, 0.1) is 0 Å². The van der Waals surface area contributed by atoms with Crippen LogP contribution in [0.25, 0.3) is 0 Å². The Balaban J connectivity index is 2.51. The number of benzene rings is 1. The molecule has 0 saturated carbocycles. The van der Waals surface area contributed by atoms with Crippen molar-refractivity contribution in [1.29, 1.82) is 0 Å². The summed E-state index contributed by atoms with van der Waals surface area (Å²) in [4.78, 5) is 0.181. The zero-order valence-corrected chi connectivity index (χ0v) is 14.5. The molecule has 112 valence electrons. The maximum absolute atomic E-state index is 12.9. The summed E-state index contributed by atoms with van der Waals surface area (Å²) in [7, 11) is -3.54. The van der Waals surface area contributed by atoms with E-state index in [-0.39, 0.29) is 10.6 Å². The van der Waals surface area contributed by atoms with Crippen LogP contribution in [-0.4, -0.2) is 24.9 Å². The second-order valence-electron chi connectivity index (χ2n) is 6.39. The second-order valence-corrected chi connectivity index (χ2v) is 9.40. The zero-order chi connectivity index (χ0) is 15.3. The van der Waals surface area contributed by atoms with Gasteiger partial charge in [-0.05, 0) is 52.3 Å². The summed E-state index contributed by atoms with van der Waals surface area (Å²) < 4.78 is 32.4. The van der Waals surface area contributed by atoms with Crippen LogP contribution in [0.4, 0.5) is 5.69 Å². The first-order chi connectivity index (χ1) is 8.96. The highest BCUT2D eigenvalue weighted by molar-refractivity contribution is 9.10. The molecule has 1 atom stereocenters. The van der Waals surface area contributed by atoms with Gasteiger partial charge in [-0.3, -0.25) is 0 Å². The Labute approximate surface area is 128 Å². The average molecular weight is 362 g/mol. The lowest BCUT2D eigenvalue weighted by molar-refractivity contribution is -0.0635. The van der Waals surface area contributed by atoms with E-state index < -0.39 is 26.3 Å². The molecule has 20 heavy (non-hydrogen) atoms. The van der Waals surface area contributed by atoms with Crippen molar-refractivity contribution in [1.82, 2.24) is 0 Å². The molecule has 1 aliphatic heterocycles. The van der Waals surface area contributed by atoms with Gasteiger partial charge in [0.1, 0.15) is 0 Å². The Morgan fingerprint density at radius 1 is 1.30 bits per heavy atom. The highest BCUT2D eigenvalue weighted by atomic mass is 79.9. The van der Waals surface area contributed by atoms with Crippen molar-refractivity contribution >= 4 is 31.5 Å². The Bertz CT molecular complexity index is 638. The molecule has 2 N–H and O–H groups in total. The number of anilines is 1. The van der Waals surface area contributed by atoms with Crippen LogP contribution >= 0.6 is 15.9 Å². The third-order valence-electron chi connectivity index (χ3n) is 3.64. The third kappa shape index (κ3) is 2.73. The number of rotatable bonds is 2. The van der Waals surface area contributed by atoms with Crippen molar-refractivity contribution in [2.75, 3.05) is 5.73 Å². The summed E-state index contributed by atoms with van der Waals surface area (Å²) in [6.45, 7) is 7.46. The van der Waals surface area contributed by atoms with Gasteiger partial charge in [0.15, 0.2) is 9.84 Å². The third-order valence-corrected chi connectivity index (χ3v) is 6.61. The normalized spacial score (nSPS) is 24.8. The minimum atomic E-state index is -3.54. The number of ether oxygens (including phenoxy) is 1. The van der Waals surface area contributed by atoms with Gasteiger partial charge in [-0.15, -0.1) is 0 Å². The van der Waals surface area contributed by atoms with Gasteiger partial charge in [0.05, 0.1) is 27.0 Å². The molecular formula is C14H20BrNO3S. The first kappa shape index (κ1) is 15.8. The molecule has 1 unspecified atom stereocenters. The monoisotopic (exact) mass is 361 g/mol. The van der Waals surface area contributed by atoms with Crippen LogP contribution in [-0.2, 0) is 14.6 Å². The summed E-state index contributed by atoms with van der Waals surface area (Å²) >= 11 is 3.29. The topological polar surface area (TPSA) is 69.4 Å². The average Bonchev–Trinajstić information content (AvgIpc) is 2.46. The van der Waals surface area contributed by atoms with Crippen molar-refractivity contribution in [3.05, 3.63) is 22.7 Å². The van der Waals surface area contributed by atoms with E-state index >= 15 is 0 Å². The largest absolute Gasteiger partial charge is 0.398 e. The standard InChI is InChI=1S/C14H20BrNO3S/c1-13(2)8-12(14(3,4)19-13)20(17,18)11-6-5-9(15)7-10(11)16/h5-7,12H,8,16H2,1-4H3.